The van der Waals surface area contributed by atoms with Gasteiger partial charge in [0.25, 0.3) is 0 Å². The van der Waals surface area contributed by atoms with Crippen LogP contribution >= 0.6 is 11.6 Å². The first kappa shape index (κ1) is 16.1. The van der Waals surface area contributed by atoms with Gasteiger partial charge in [-0.05, 0) is 25.7 Å². The Morgan fingerprint density at radius 1 is 1.35 bits per heavy atom. The second-order valence-corrected chi connectivity index (χ2v) is 5.91. The molecule has 23 heavy (non-hydrogen) atoms. The van der Waals surface area contributed by atoms with Gasteiger partial charge in [-0.15, -0.1) is 0 Å². The van der Waals surface area contributed by atoms with E-state index in [4.69, 9.17) is 16.3 Å². The highest BCUT2D eigenvalue weighted by Crippen LogP contribution is 2.42. The first-order valence-electron chi connectivity index (χ1n) is 7.11. The Kier molecular flexibility index (Phi) is 3.98. The molecule has 4 nitrogen and oxygen atoms in total. The van der Waals surface area contributed by atoms with Crippen LogP contribution in [0, 0.1) is 18.3 Å². The summed E-state index contributed by atoms with van der Waals surface area (Å²) in [5.41, 5.74) is -0.223. The van der Waals surface area contributed by atoms with E-state index in [-0.39, 0.29) is 16.5 Å². The number of nitrogens with one attached hydrogen (secondary N) is 1. The molecular formula is C15H13ClF3N3O. The molecular weight excluding hydrogens is 331 g/mol. The van der Waals surface area contributed by atoms with E-state index < -0.39 is 17.4 Å². The van der Waals surface area contributed by atoms with Gasteiger partial charge < -0.3 is 9.72 Å². The maximum atomic E-state index is 13.4. The smallest absolute Gasteiger partial charge is 0.381 e. The Balaban J connectivity index is 2.38. The van der Waals surface area contributed by atoms with Crippen LogP contribution in [-0.4, -0.2) is 23.2 Å². The lowest BCUT2D eigenvalue weighted by Crippen LogP contribution is -2.19. The molecule has 0 spiro atoms. The predicted molar refractivity (Wildman–Crippen MR) is 78.4 cm³/mol. The molecule has 2 aromatic heterocycles. The number of halogens is 4. The van der Waals surface area contributed by atoms with Gasteiger partial charge in [0.15, 0.2) is 5.69 Å². The van der Waals surface area contributed by atoms with Crippen LogP contribution < -0.4 is 0 Å². The van der Waals surface area contributed by atoms with Gasteiger partial charge in [-0.1, -0.05) is 11.6 Å². The molecule has 1 fully saturated rings. The number of rotatable bonds is 1. The van der Waals surface area contributed by atoms with Crippen LogP contribution in [0.4, 0.5) is 13.2 Å². The summed E-state index contributed by atoms with van der Waals surface area (Å²) < 4.78 is 45.3. The summed E-state index contributed by atoms with van der Waals surface area (Å²) in [6.45, 7) is 2.57. The van der Waals surface area contributed by atoms with E-state index in [0.717, 1.165) is 0 Å². The largest absolute Gasteiger partial charge is 0.434 e. The lowest BCUT2D eigenvalue weighted by molar-refractivity contribution is -0.141. The van der Waals surface area contributed by atoms with E-state index >= 15 is 0 Å². The minimum atomic E-state index is -4.71. The van der Waals surface area contributed by atoms with Crippen molar-refractivity contribution in [1.29, 1.82) is 5.26 Å². The van der Waals surface area contributed by atoms with Crippen molar-refractivity contribution in [2.45, 2.75) is 31.9 Å². The quantitative estimate of drug-likeness (QED) is 0.839. The van der Waals surface area contributed by atoms with E-state index in [1.165, 1.54) is 0 Å². The second-order valence-electron chi connectivity index (χ2n) is 5.53. The third kappa shape index (κ3) is 2.66. The van der Waals surface area contributed by atoms with E-state index in [0.29, 0.717) is 42.8 Å². The van der Waals surface area contributed by atoms with Crippen molar-refractivity contribution < 1.29 is 17.9 Å². The number of nitriles is 1. The number of pyridine rings is 1. The van der Waals surface area contributed by atoms with Crippen LogP contribution in [0.15, 0.2) is 0 Å². The lowest BCUT2D eigenvalue weighted by atomic mass is 9.87. The van der Waals surface area contributed by atoms with E-state index in [1.54, 1.807) is 13.0 Å². The fourth-order valence-corrected chi connectivity index (χ4v) is 3.21. The lowest BCUT2D eigenvalue weighted by Gasteiger charge is -2.24. The van der Waals surface area contributed by atoms with Crippen LogP contribution in [0.3, 0.4) is 0 Å². The molecule has 3 heterocycles. The van der Waals surface area contributed by atoms with E-state index in [1.807, 2.05) is 0 Å². The number of aromatic amines is 1. The summed E-state index contributed by atoms with van der Waals surface area (Å²) in [4.78, 5) is 6.64. The van der Waals surface area contributed by atoms with Gasteiger partial charge in [-0.3, -0.25) is 0 Å². The maximum Gasteiger partial charge on any atom is 0.434 e. The molecule has 0 aliphatic carbocycles. The molecule has 0 aromatic carbocycles. The number of aromatic nitrogens is 2. The summed E-state index contributed by atoms with van der Waals surface area (Å²) in [5.74, 6) is -0.195. The van der Waals surface area contributed by atoms with Crippen molar-refractivity contribution in [3.63, 3.8) is 0 Å². The molecule has 8 heteroatoms. The fourth-order valence-electron chi connectivity index (χ4n) is 3.02. The van der Waals surface area contributed by atoms with Gasteiger partial charge in [-0.25, -0.2) is 4.98 Å². The summed E-state index contributed by atoms with van der Waals surface area (Å²) in [5, 5.41) is 9.52. The Labute approximate surface area is 135 Å². The number of hydrogen-bond acceptors (Lipinski definition) is 3. The van der Waals surface area contributed by atoms with Crippen molar-refractivity contribution in [2.75, 3.05) is 13.2 Å². The standard InChI is InChI=1S/C15H13ClF3N3O/c1-7-11(16)13-12(21-7)10(8-2-4-23-5-3-8)9(6-20)14(22-13)15(17,18)19/h8,21H,2-5H2,1H3. The summed E-state index contributed by atoms with van der Waals surface area (Å²) in [6.07, 6.45) is -3.60. The molecule has 0 saturated carbocycles. The van der Waals surface area contributed by atoms with Gasteiger partial charge in [0.1, 0.15) is 11.6 Å². The highest BCUT2D eigenvalue weighted by Gasteiger charge is 2.39. The van der Waals surface area contributed by atoms with Gasteiger partial charge in [0.2, 0.25) is 0 Å². The molecule has 0 bridgehead atoms. The van der Waals surface area contributed by atoms with Crippen molar-refractivity contribution >= 4 is 22.6 Å². The molecule has 0 amide bonds. The second kappa shape index (κ2) is 5.69. The average molecular weight is 344 g/mol. The summed E-state index contributed by atoms with van der Waals surface area (Å²) >= 11 is 6.10. The van der Waals surface area contributed by atoms with Crippen molar-refractivity contribution in [3.05, 3.63) is 27.5 Å². The average Bonchev–Trinajstić information content (AvgIpc) is 2.80. The molecule has 1 N–H and O–H groups in total. The normalized spacial score (nSPS) is 16.7. The number of alkyl halides is 3. The zero-order valence-electron chi connectivity index (χ0n) is 12.2. The first-order valence-corrected chi connectivity index (χ1v) is 7.49. The Morgan fingerprint density at radius 3 is 2.57 bits per heavy atom. The molecule has 1 saturated heterocycles. The van der Waals surface area contributed by atoms with Crippen LogP contribution in [0.5, 0.6) is 0 Å². The topological polar surface area (TPSA) is 61.7 Å². The summed E-state index contributed by atoms with van der Waals surface area (Å²) in [6, 6.07) is 1.70. The highest BCUT2D eigenvalue weighted by atomic mass is 35.5. The van der Waals surface area contributed by atoms with Crippen molar-refractivity contribution in [1.82, 2.24) is 9.97 Å². The van der Waals surface area contributed by atoms with Crippen LogP contribution in [-0.2, 0) is 10.9 Å². The number of H-pyrrole nitrogens is 1. The molecule has 1 aliphatic rings. The Hall–Kier alpha value is -1.78. The van der Waals surface area contributed by atoms with Gasteiger partial charge in [0, 0.05) is 24.5 Å². The van der Waals surface area contributed by atoms with Crippen molar-refractivity contribution in [2.24, 2.45) is 0 Å². The third-order valence-electron chi connectivity index (χ3n) is 4.10. The molecule has 2 aromatic rings. The maximum absolute atomic E-state index is 13.4. The molecule has 0 atom stereocenters. The monoisotopic (exact) mass is 343 g/mol. The number of aryl methyl sites for hydroxylation is 1. The van der Waals surface area contributed by atoms with Gasteiger partial charge in [0.05, 0.1) is 16.1 Å². The molecule has 122 valence electrons. The molecule has 0 radical (unpaired) electrons. The van der Waals surface area contributed by atoms with E-state index in [2.05, 4.69) is 9.97 Å². The first-order chi connectivity index (χ1) is 10.8. The van der Waals surface area contributed by atoms with Gasteiger partial charge >= 0.3 is 6.18 Å². The number of hydrogen-bond donors (Lipinski definition) is 1. The van der Waals surface area contributed by atoms with Crippen molar-refractivity contribution in [3.8, 4) is 6.07 Å². The number of fused-ring (bicyclic) bond motifs is 1. The number of ether oxygens (including phenoxy) is 1. The SMILES string of the molecule is Cc1[nH]c2c(C3CCOCC3)c(C#N)c(C(F)(F)F)nc2c1Cl. The summed E-state index contributed by atoms with van der Waals surface area (Å²) in [7, 11) is 0. The van der Waals surface area contributed by atoms with E-state index in [9.17, 15) is 18.4 Å². The van der Waals surface area contributed by atoms with Crippen LogP contribution in [0.2, 0.25) is 5.02 Å². The minimum absolute atomic E-state index is 0.0667. The zero-order valence-corrected chi connectivity index (χ0v) is 13.0. The molecule has 0 unspecified atom stereocenters. The third-order valence-corrected chi connectivity index (χ3v) is 4.56. The fraction of sp³-hybridized carbons (Fsp3) is 0.467. The zero-order chi connectivity index (χ0) is 16.8. The Morgan fingerprint density at radius 2 is 2.00 bits per heavy atom. The van der Waals surface area contributed by atoms with Crippen LogP contribution in [0.25, 0.3) is 11.0 Å². The predicted octanol–water partition coefficient (Wildman–Crippen LogP) is 4.31. The van der Waals surface area contributed by atoms with Crippen LogP contribution in [0.1, 0.15) is 41.3 Å². The highest BCUT2D eigenvalue weighted by molar-refractivity contribution is 6.36. The minimum Gasteiger partial charge on any atom is -0.381 e. The number of nitrogens with zero attached hydrogens (tertiary/aromatic N) is 2. The van der Waals surface area contributed by atoms with Gasteiger partial charge in [-0.2, -0.15) is 18.4 Å². The molecule has 3 rings (SSSR count). The molecule has 1 aliphatic heterocycles. The Bertz CT molecular complexity index is 801.